The van der Waals surface area contributed by atoms with Crippen molar-refractivity contribution in [2.45, 2.75) is 0 Å². The van der Waals surface area contributed by atoms with E-state index in [2.05, 4.69) is 25.9 Å². The van der Waals surface area contributed by atoms with Crippen molar-refractivity contribution in [2.24, 2.45) is 0 Å². The summed E-state index contributed by atoms with van der Waals surface area (Å²) < 4.78 is 17.2. The van der Waals surface area contributed by atoms with Gasteiger partial charge in [-0.1, -0.05) is 28.1 Å². The first kappa shape index (κ1) is 17.6. The molecule has 1 heterocycles. The summed E-state index contributed by atoms with van der Waals surface area (Å²) in [5, 5.41) is 11.6. The van der Waals surface area contributed by atoms with Crippen LogP contribution in [-0.4, -0.2) is 22.0 Å². The predicted molar refractivity (Wildman–Crippen MR) is 96.0 cm³/mol. The standard InChI is InChI=1S/C17H12BrN3O5/c1-24-13-4-2-3-5-14(13)26-17-15(21(22)23)16(19-10-20-17)25-12-8-6-11(18)7-9-12/h2-10H,1H3. The Morgan fingerprint density at radius 1 is 0.962 bits per heavy atom. The van der Waals surface area contributed by atoms with Crippen LogP contribution in [0.5, 0.6) is 29.0 Å². The van der Waals surface area contributed by atoms with Crippen molar-refractivity contribution >= 4 is 21.6 Å². The second-order valence-corrected chi connectivity index (χ2v) is 5.81. The molecule has 132 valence electrons. The van der Waals surface area contributed by atoms with Crippen molar-refractivity contribution in [3.05, 3.63) is 69.4 Å². The van der Waals surface area contributed by atoms with Gasteiger partial charge in [0, 0.05) is 4.47 Å². The van der Waals surface area contributed by atoms with Gasteiger partial charge in [-0.25, -0.2) is 0 Å². The molecule has 0 N–H and O–H groups in total. The van der Waals surface area contributed by atoms with Crippen molar-refractivity contribution in [3.8, 4) is 29.0 Å². The van der Waals surface area contributed by atoms with Crippen LogP contribution in [0.25, 0.3) is 0 Å². The minimum Gasteiger partial charge on any atom is -0.493 e. The van der Waals surface area contributed by atoms with Gasteiger partial charge in [-0.2, -0.15) is 9.97 Å². The Balaban J connectivity index is 1.98. The lowest BCUT2D eigenvalue weighted by atomic mass is 10.3. The number of hydrogen-bond acceptors (Lipinski definition) is 7. The third-order valence-corrected chi connectivity index (χ3v) is 3.77. The molecule has 3 aromatic rings. The van der Waals surface area contributed by atoms with Gasteiger partial charge in [0.1, 0.15) is 12.1 Å². The lowest BCUT2D eigenvalue weighted by molar-refractivity contribution is -0.387. The minimum atomic E-state index is -0.654. The Kier molecular flexibility index (Phi) is 5.28. The van der Waals surface area contributed by atoms with Gasteiger partial charge in [0.25, 0.3) is 0 Å². The Labute approximate surface area is 156 Å². The lowest BCUT2D eigenvalue weighted by Crippen LogP contribution is -2.01. The van der Waals surface area contributed by atoms with E-state index in [0.29, 0.717) is 11.5 Å². The molecule has 26 heavy (non-hydrogen) atoms. The normalized spacial score (nSPS) is 10.2. The van der Waals surface area contributed by atoms with Crippen molar-refractivity contribution in [3.63, 3.8) is 0 Å². The highest BCUT2D eigenvalue weighted by Gasteiger charge is 2.27. The van der Waals surface area contributed by atoms with E-state index in [-0.39, 0.29) is 17.5 Å². The first-order valence-electron chi connectivity index (χ1n) is 7.32. The molecule has 9 heteroatoms. The maximum Gasteiger partial charge on any atom is 0.393 e. The molecule has 0 aliphatic carbocycles. The maximum absolute atomic E-state index is 11.6. The summed E-state index contributed by atoms with van der Waals surface area (Å²) in [6.45, 7) is 0. The van der Waals surface area contributed by atoms with Crippen molar-refractivity contribution in [1.29, 1.82) is 0 Å². The highest BCUT2D eigenvalue weighted by atomic mass is 79.9. The van der Waals surface area contributed by atoms with Gasteiger partial charge in [-0.15, -0.1) is 0 Å². The first-order chi connectivity index (χ1) is 12.6. The van der Waals surface area contributed by atoms with Crippen LogP contribution in [0.2, 0.25) is 0 Å². The molecule has 0 spiro atoms. The van der Waals surface area contributed by atoms with E-state index in [1.165, 1.54) is 7.11 Å². The highest BCUT2D eigenvalue weighted by molar-refractivity contribution is 9.10. The number of methoxy groups -OCH3 is 1. The van der Waals surface area contributed by atoms with E-state index >= 15 is 0 Å². The third-order valence-electron chi connectivity index (χ3n) is 3.24. The van der Waals surface area contributed by atoms with E-state index in [9.17, 15) is 10.1 Å². The van der Waals surface area contributed by atoms with Crippen LogP contribution in [0.1, 0.15) is 0 Å². The number of para-hydroxylation sites is 2. The van der Waals surface area contributed by atoms with E-state index in [0.717, 1.165) is 10.8 Å². The largest absolute Gasteiger partial charge is 0.493 e. The van der Waals surface area contributed by atoms with E-state index in [1.54, 1.807) is 48.5 Å². The molecule has 0 amide bonds. The molecular weight excluding hydrogens is 406 g/mol. The first-order valence-corrected chi connectivity index (χ1v) is 8.11. The summed E-state index contributed by atoms with van der Waals surface area (Å²) >= 11 is 3.31. The van der Waals surface area contributed by atoms with Crippen LogP contribution in [0, 0.1) is 10.1 Å². The summed E-state index contributed by atoms with van der Waals surface area (Å²) in [6.07, 6.45) is 1.13. The Morgan fingerprint density at radius 2 is 1.58 bits per heavy atom. The quantitative estimate of drug-likeness (QED) is 0.421. The van der Waals surface area contributed by atoms with E-state index in [4.69, 9.17) is 14.2 Å². The zero-order valence-corrected chi connectivity index (χ0v) is 15.0. The number of rotatable bonds is 6. The molecule has 0 aliphatic rings. The molecule has 2 aromatic carbocycles. The Hall–Kier alpha value is -3.20. The molecule has 8 nitrogen and oxygen atoms in total. The van der Waals surface area contributed by atoms with Crippen LogP contribution >= 0.6 is 15.9 Å². The maximum atomic E-state index is 11.6. The molecule has 0 fully saturated rings. The number of halogens is 1. The van der Waals surface area contributed by atoms with Crippen molar-refractivity contribution < 1.29 is 19.1 Å². The SMILES string of the molecule is COc1ccccc1Oc1ncnc(Oc2ccc(Br)cc2)c1[N+](=O)[O-]. The molecule has 0 radical (unpaired) electrons. The fraction of sp³-hybridized carbons (Fsp3) is 0.0588. The zero-order valence-electron chi connectivity index (χ0n) is 13.5. The minimum absolute atomic E-state index is 0.225. The number of aromatic nitrogens is 2. The lowest BCUT2D eigenvalue weighted by Gasteiger charge is -2.10. The summed E-state index contributed by atoms with van der Waals surface area (Å²) in [5.41, 5.74) is -0.485. The molecule has 0 unspecified atom stereocenters. The molecule has 3 rings (SSSR count). The Bertz CT molecular complexity index is 934. The average Bonchev–Trinajstić information content (AvgIpc) is 2.64. The van der Waals surface area contributed by atoms with Gasteiger partial charge in [0.15, 0.2) is 11.5 Å². The van der Waals surface area contributed by atoms with Gasteiger partial charge >= 0.3 is 17.4 Å². The fourth-order valence-electron chi connectivity index (χ4n) is 2.07. The molecule has 1 aromatic heterocycles. The van der Waals surface area contributed by atoms with Gasteiger partial charge in [0.2, 0.25) is 0 Å². The summed E-state index contributed by atoms with van der Waals surface area (Å²) in [7, 11) is 1.47. The highest BCUT2D eigenvalue weighted by Crippen LogP contribution is 2.39. The van der Waals surface area contributed by atoms with Crippen LogP contribution in [0.15, 0.2) is 59.3 Å². The second-order valence-electron chi connectivity index (χ2n) is 4.90. The molecule has 0 saturated carbocycles. The predicted octanol–water partition coefficient (Wildman–Crippen LogP) is 4.74. The topological polar surface area (TPSA) is 96.6 Å². The molecule has 0 bridgehead atoms. The van der Waals surface area contributed by atoms with Gasteiger partial charge < -0.3 is 14.2 Å². The molecule has 0 saturated heterocycles. The van der Waals surface area contributed by atoms with E-state index in [1.807, 2.05) is 0 Å². The Morgan fingerprint density at radius 3 is 2.19 bits per heavy atom. The van der Waals surface area contributed by atoms with E-state index < -0.39 is 10.6 Å². The summed E-state index contributed by atoms with van der Waals surface area (Å²) in [4.78, 5) is 18.6. The second kappa shape index (κ2) is 7.79. The zero-order chi connectivity index (χ0) is 18.5. The van der Waals surface area contributed by atoms with Crippen LogP contribution in [-0.2, 0) is 0 Å². The average molecular weight is 418 g/mol. The van der Waals surface area contributed by atoms with Gasteiger partial charge in [-0.3, -0.25) is 10.1 Å². The van der Waals surface area contributed by atoms with Gasteiger partial charge in [0.05, 0.1) is 12.0 Å². The third kappa shape index (κ3) is 3.89. The summed E-state index contributed by atoms with van der Waals surface area (Å²) in [6, 6.07) is 13.5. The van der Waals surface area contributed by atoms with Crippen molar-refractivity contribution in [1.82, 2.24) is 9.97 Å². The fourth-order valence-corrected chi connectivity index (χ4v) is 2.34. The van der Waals surface area contributed by atoms with Crippen LogP contribution in [0.3, 0.4) is 0 Å². The number of nitrogens with zero attached hydrogens (tertiary/aromatic N) is 3. The molecule has 0 aliphatic heterocycles. The molecule has 0 atom stereocenters. The smallest absolute Gasteiger partial charge is 0.393 e. The van der Waals surface area contributed by atoms with Crippen LogP contribution in [0.4, 0.5) is 5.69 Å². The number of ether oxygens (including phenoxy) is 3. The van der Waals surface area contributed by atoms with Gasteiger partial charge in [-0.05, 0) is 36.4 Å². The monoisotopic (exact) mass is 417 g/mol. The number of hydrogen-bond donors (Lipinski definition) is 0. The molecular formula is C17H12BrN3O5. The summed E-state index contributed by atoms with van der Waals surface area (Å²) in [5.74, 6) is 0.610. The number of nitro groups is 1. The van der Waals surface area contributed by atoms with Crippen molar-refractivity contribution in [2.75, 3.05) is 7.11 Å². The number of benzene rings is 2. The van der Waals surface area contributed by atoms with Crippen LogP contribution < -0.4 is 14.2 Å².